The predicted molar refractivity (Wildman–Crippen MR) is 92.1 cm³/mol. The Labute approximate surface area is 144 Å². The molecule has 0 unspecified atom stereocenters. The minimum atomic E-state index is -3.06. The fraction of sp³-hybridized carbons (Fsp3) is 0.400. The van der Waals surface area contributed by atoms with Gasteiger partial charge in [0.25, 0.3) is 5.91 Å². The van der Waals surface area contributed by atoms with Crippen LogP contribution in [0.4, 0.5) is 0 Å². The van der Waals surface area contributed by atoms with E-state index in [9.17, 15) is 13.2 Å². The van der Waals surface area contributed by atoms with E-state index in [4.69, 9.17) is 23.2 Å². The molecule has 8 heteroatoms. The van der Waals surface area contributed by atoms with Gasteiger partial charge < -0.3 is 9.88 Å². The molecule has 0 aliphatic carbocycles. The number of nitrogens with one attached hydrogen (secondary N) is 1. The Hall–Kier alpha value is -1.24. The molecule has 1 amide bonds. The molecule has 124 valence electrons. The van der Waals surface area contributed by atoms with Gasteiger partial charge in [-0.05, 0) is 31.5 Å². The second-order valence-electron chi connectivity index (χ2n) is 5.65. The maximum absolute atomic E-state index is 12.8. The third kappa shape index (κ3) is 3.07. The smallest absolute Gasteiger partial charge is 0.272 e. The van der Waals surface area contributed by atoms with Gasteiger partial charge in [0.05, 0.1) is 16.5 Å². The van der Waals surface area contributed by atoms with E-state index < -0.39 is 9.84 Å². The SMILES string of the molecule is CCN(C(=O)c1[nH]c2ccc(Cl)cc2c1Cl)[C@H]1CCS(=O)(=O)C1. The van der Waals surface area contributed by atoms with Gasteiger partial charge in [0.1, 0.15) is 5.69 Å². The van der Waals surface area contributed by atoms with Crippen LogP contribution < -0.4 is 0 Å². The highest BCUT2D eigenvalue weighted by atomic mass is 35.5. The number of nitrogens with zero attached hydrogens (tertiary/aromatic N) is 1. The molecule has 5 nitrogen and oxygen atoms in total. The van der Waals surface area contributed by atoms with Crippen molar-refractivity contribution in [2.24, 2.45) is 0 Å². The molecule has 1 N–H and O–H groups in total. The Morgan fingerprint density at radius 3 is 2.74 bits per heavy atom. The van der Waals surface area contributed by atoms with Gasteiger partial charge >= 0.3 is 0 Å². The normalized spacial score (nSPS) is 20.0. The van der Waals surface area contributed by atoms with Crippen molar-refractivity contribution < 1.29 is 13.2 Å². The van der Waals surface area contributed by atoms with Crippen molar-refractivity contribution in [3.8, 4) is 0 Å². The molecule has 0 bridgehead atoms. The standard InChI is InChI=1S/C15H16Cl2N2O3S/c1-2-19(10-5-6-23(21,22)8-10)15(20)14-13(17)11-7-9(16)3-4-12(11)18-14/h3-4,7,10,18H,2,5-6,8H2,1H3/t10-/m0/s1. The van der Waals surface area contributed by atoms with Crippen LogP contribution >= 0.6 is 23.2 Å². The molecule has 1 aromatic carbocycles. The Balaban J connectivity index is 1.97. The van der Waals surface area contributed by atoms with Crippen LogP contribution in [0.2, 0.25) is 10.0 Å². The summed E-state index contributed by atoms with van der Waals surface area (Å²) in [6.07, 6.45) is 0.464. The first-order chi connectivity index (χ1) is 10.8. The van der Waals surface area contributed by atoms with Gasteiger partial charge in [-0.1, -0.05) is 23.2 Å². The molecular formula is C15H16Cl2N2O3S. The Bertz CT molecular complexity index is 876. The molecule has 1 aliphatic heterocycles. The Kier molecular flexibility index (Phi) is 4.33. The third-order valence-electron chi connectivity index (χ3n) is 4.16. The number of H-pyrrole nitrogens is 1. The van der Waals surface area contributed by atoms with Crippen LogP contribution in [0.1, 0.15) is 23.8 Å². The summed E-state index contributed by atoms with van der Waals surface area (Å²) in [5.41, 5.74) is 0.993. The summed E-state index contributed by atoms with van der Waals surface area (Å²) in [6, 6.07) is 4.87. The number of carbonyl (C=O) groups is 1. The van der Waals surface area contributed by atoms with Crippen molar-refractivity contribution in [1.82, 2.24) is 9.88 Å². The minimum Gasteiger partial charge on any atom is -0.349 e. The molecule has 1 saturated heterocycles. The number of fused-ring (bicyclic) bond motifs is 1. The van der Waals surface area contributed by atoms with Crippen LogP contribution in [0.25, 0.3) is 10.9 Å². The molecular weight excluding hydrogens is 359 g/mol. The first-order valence-electron chi connectivity index (χ1n) is 7.30. The zero-order valence-corrected chi connectivity index (χ0v) is 14.8. The number of hydrogen-bond acceptors (Lipinski definition) is 3. The van der Waals surface area contributed by atoms with Crippen molar-refractivity contribution >= 4 is 49.8 Å². The van der Waals surface area contributed by atoms with Crippen LogP contribution in [-0.4, -0.2) is 48.3 Å². The zero-order valence-electron chi connectivity index (χ0n) is 12.5. The highest BCUT2D eigenvalue weighted by Crippen LogP contribution is 2.31. The molecule has 1 atom stereocenters. The van der Waals surface area contributed by atoms with E-state index in [0.717, 1.165) is 5.52 Å². The van der Waals surface area contributed by atoms with Crippen molar-refractivity contribution in [2.75, 3.05) is 18.1 Å². The summed E-state index contributed by atoms with van der Waals surface area (Å²) in [5.74, 6) is -0.153. The predicted octanol–water partition coefficient (Wildman–Crippen LogP) is 3.12. The number of aromatic amines is 1. The van der Waals surface area contributed by atoms with Gasteiger partial charge in [-0.2, -0.15) is 0 Å². The number of benzene rings is 1. The lowest BCUT2D eigenvalue weighted by Crippen LogP contribution is -2.41. The van der Waals surface area contributed by atoms with Gasteiger partial charge in [-0.15, -0.1) is 0 Å². The number of aromatic nitrogens is 1. The van der Waals surface area contributed by atoms with Crippen molar-refractivity contribution in [3.63, 3.8) is 0 Å². The summed E-state index contributed by atoms with van der Waals surface area (Å²) in [7, 11) is -3.06. The molecule has 3 rings (SSSR count). The molecule has 2 heterocycles. The van der Waals surface area contributed by atoms with Gasteiger partial charge in [0.2, 0.25) is 0 Å². The van der Waals surface area contributed by atoms with E-state index >= 15 is 0 Å². The van der Waals surface area contributed by atoms with Gasteiger partial charge in [0, 0.05) is 28.5 Å². The van der Waals surface area contributed by atoms with Gasteiger partial charge in [0.15, 0.2) is 9.84 Å². The summed E-state index contributed by atoms with van der Waals surface area (Å²) >= 11 is 12.3. The Morgan fingerprint density at radius 2 is 2.13 bits per heavy atom. The van der Waals surface area contributed by atoms with Crippen molar-refractivity contribution in [3.05, 3.63) is 33.9 Å². The van der Waals surface area contributed by atoms with Crippen LogP contribution in [0, 0.1) is 0 Å². The number of rotatable bonds is 3. The molecule has 23 heavy (non-hydrogen) atoms. The molecule has 1 aromatic heterocycles. The van der Waals surface area contributed by atoms with E-state index in [1.807, 2.05) is 6.92 Å². The highest BCUT2D eigenvalue weighted by Gasteiger charge is 2.35. The average molecular weight is 375 g/mol. The van der Waals surface area contributed by atoms with E-state index in [1.54, 1.807) is 23.1 Å². The summed E-state index contributed by atoms with van der Waals surface area (Å²) in [6.45, 7) is 2.25. The average Bonchev–Trinajstić information content (AvgIpc) is 3.00. The summed E-state index contributed by atoms with van der Waals surface area (Å²) in [5, 5.41) is 1.52. The quantitative estimate of drug-likeness (QED) is 0.896. The fourth-order valence-electron chi connectivity index (χ4n) is 3.01. The number of sulfone groups is 1. The van der Waals surface area contributed by atoms with E-state index in [1.165, 1.54) is 0 Å². The van der Waals surface area contributed by atoms with Crippen molar-refractivity contribution in [2.45, 2.75) is 19.4 Å². The fourth-order valence-corrected chi connectivity index (χ4v) is 5.20. The van der Waals surface area contributed by atoms with E-state index in [2.05, 4.69) is 4.98 Å². The molecule has 1 fully saturated rings. The maximum Gasteiger partial charge on any atom is 0.272 e. The highest BCUT2D eigenvalue weighted by molar-refractivity contribution is 7.91. The minimum absolute atomic E-state index is 0.0102. The summed E-state index contributed by atoms with van der Waals surface area (Å²) in [4.78, 5) is 17.4. The first kappa shape index (κ1) is 16.6. The number of carbonyl (C=O) groups excluding carboxylic acids is 1. The zero-order chi connectivity index (χ0) is 16.8. The van der Waals surface area contributed by atoms with Gasteiger partial charge in [-0.3, -0.25) is 4.79 Å². The number of hydrogen-bond donors (Lipinski definition) is 1. The van der Waals surface area contributed by atoms with Crippen LogP contribution in [0.3, 0.4) is 0 Å². The Morgan fingerprint density at radius 1 is 1.39 bits per heavy atom. The summed E-state index contributed by atoms with van der Waals surface area (Å²) < 4.78 is 23.4. The van der Waals surface area contributed by atoms with Crippen molar-refractivity contribution in [1.29, 1.82) is 0 Å². The molecule has 1 aliphatic rings. The number of halogens is 2. The lowest BCUT2D eigenvalue weighted by Gasteiger charge is -2.26. The second kappa shape index (κ2) is 6.00. The van der Waals surface area contributed by atoms with Gasteiger partial charge in [-0.25, -0.2) is 8.42 Å². The third-order valence-corrected chi connectivity index (χ3v) is 6.54. The number of amides is 1. The molecule has 0 radical (unpaired) electrons. The molecule has 0 spiro atoms. The largest absolute Gasteiger partial charge is 0.349 e. The maximum atomic E-state index is 12.8. The lowest BCUT2D eigenvalue weighted by atomic mass is 10.2. The van der Waals surface area contributed by atoms with Crippen LogP contribution in [0.5, 0.6) is 0 Å². The van der Waals surface area contributed by atoms with E-state index in [-0.39, 0.29) is 29.1 Å². The van der Waals surface area contributed by atoms with Crippen LogP contribution in [-0.2, 0) is 9.84 Å². The monoisotopic (exact) mass is 374 g/mol. The lowest BCUT2D eigenvalue weighted by molar-refractivity contribution is 0.0703. The second-order valence-corrected chi connectivity index (χ2v) is 8.70. The molecule has 0 saturated carbocycles. The van der Waals surface area contributed by atoms with E-state index in [0.29, 0.717) is 28.4 Å². The molecule has 2 aromatic rings. The topological polar surface area (TPSA) is 70.2 Å². The van der Waals surface area contributed by atoms with Crippen LogP contribution in [0.15, 0.2) is 18.2 Å². The first-order valence-corrected chi connectivity index (χ1v) is 9.88.